The van der Waals surface area contributed by atoms with Crippen molar-refractivity contribution in [1.29, 1.82) is 0 Å². The molecule has 4 rings (SSSR count). The summed E-state index contributed by atoms with van der Waals surface area (Å²) in [6.07, 6.45) is 1.82. The number of carbonyl (C=O) groups excluding carboxylic acids is 1. The Hall–Kier alpha value is -2.75. The number of rotatable bonds is 3. The molecular weight excluding hydrogens is 374 g/mol. The molecule has 1 N–H and O–H groups in total. The molecule has 27 heavy (non-hydrogen) atoms. The van der Waals surface area contributed by atoms with Gasteiger partial charge in [0, 0.05) is 49.6 Å². The summed E-state index contributed by atoms with van der Waals surface area (Å²) in [6, 6.07) is 3.14. The van der Waals surface area contributed by atoms with E-state index in [9.17, 15) is 13.6 Å². The lowest BCUT2D eigenvalue weighted by Gasteiger charge is -2.27. The molecule has 1 fully saturated rings. The van der Waals surface area contributed by atoms with E-state index in [1.165, 1.54) is 6.07 Å². The molecule has 1 amide bonds. The second kappa shape index (κ2) is 7.10. The Morgan fingerprint density at radius 1 is 1.19 bits per heavy atom. The van der Waals surface area contributed by atoms with Gasteiger partial charge in [0.15, 0.2) is 17.3 Å². The first-order chi connectivity index (χ1) is 13.0. The third kappa shape index (κ3) is 3.57. The maximum Gasteiger partial charge on any atom is 0.293 e. The molecule has 3 aromatic rings. The number of carbonyl (C=O) groups is 1. The minimum absolute atomic E-state index is 0.0702. The van der Waals surface area contributed by atoms with Gasteiger partial charge >= 0.3 is 0 Å². The van der Waals surface area contributed by atoms with Gasteiger partial charge in [0.2, 0.25) is 5.82 Å². The average Bonchev–Trinajstić information content (AvgIpc) is 3.04. The standard InChI is InChI=1S/C17H16F2N6OS/c1-24-9-11-14(23-24)21-15(22-16(11)25-4-6-27-7-5-25)17(26)20-10-2-3-12(18)13(19)8-10/h2-3,8-9H,4-7H2,1H3,(H,20,26). The van der Waals surface area contributed by atoms with Gasteiger partial charge in [-0.3, -0.25) is 9.48 Å². The molecular formula is C17H16F2N6OS. The number of aromatic nitrogens is 4. The van der Waals surface area contributed by atoms with Crippen molar-refractivity contribution >= 4 is 40.2 Å². The third-order valence-corrected chi connectivity index (χ3v) is 5.11. The zero-order valence-electron chi connectivity index (χ0n) is 14.4. The van der Waals surface area contributed by atoms with Crippen LogP contribution in [0.25, 0.3) is 11.0 Å². The van der Waals surface area contributed by atoms with Crippen LogP contribution in [0.3, 0.4) is 0 Å². The highest BCUT2D eigenvalue weighted by molar-refractivity contribution is 7.99. The Kier molecular flexibility index (Phi) is 4.65. The van der Waals surface area contributed by atoms with Gasteiger partial charge in [-0.05, 0) is 12.1 Å². The maximum absolute atomic E-state index is 13.4. The van der Waals surface area contributed by atoms with E-state index in [2.05, 4.69) is 25.3 Å². The predicted molar refractivity (Wildman–Crippen MR) is 100 cm³/mol. The fraction of sp³-hybridized carbons (Fsp3) is 0.294. The normalized spacial score (nSPS) is 14.6. The van der Waals surface area contributed by atoms with Crippen molar-refractivity contribution in [3.63, 3.8) is 0 Å². The van der Waals surface area contributed by atoms with Crippen molar-refractivity contribution < 1.29 is 13.6 Å². The van der Waals surface area contributed by atoms with E-state index in [-0.39, 0.29) is 11.5 Å². The van der Waals surface area contributed by atoms with Crippen LogP contribution in [0.5, 0.6) is 0 Å². The molecule has 1 aliphatic heterocycles. The second-order valence-electron chi connectivity index (χ2n) is 6.09. The van der Waals surface area contributed by atoms with Gasteiger partial charge in [0.25, 0.3) is 5.91 Å². The van der Waals surface area contributed by atoms with Gasteiger partial charge in [0.05, 0.1) is 5.39 Å². The van der Waals surface area contributed by atoms with Crippen molar-refractivity contribution in [3.8, 4) is 0 Å². The van der Waals surface area contributed by atoms with Crippen molar-refractivity contribution in [2.45, 2.75) is 0 Å². The number of benzene rings is 1. The van der Waals surface area contributed by atoms with Crippen molar-refractivity contribution in [1.82, 2.24) is 19.7 Å². The van der Waals surface area contributed by atoms with Crippen LogP contribution in [-0.2, 0) is 7.05 Å². The average molecular weight is 390 g/mol. The van der Waals surface area contributed by atoms with Gasteiger partial charge in [-0.15, -0.1) is 0 Å². The van der Waals surface area contributed by atoms with Crippen LogP contribution in [0, 0.1) is 11.6 Å². The SMILES string of the molecule is Cn1cc2c(N3CCSCC3)nc(C(=O)Nc3ccc(F)c(F)c3)nc2n1. The summed E-state index contributed by atoms with van der Waals surface area (Å²) < 4.78 is 28.1. The van der Waals surface area contributed by atoms with Gasteiger partial charge in [-0.25, -0.2) is 18.7 Å². The Labute approximate surface area is 157 Å². The fourth-order valence-electron chi connectivity index (χ4n) is 2.88. The van der Waals surface area contributed by atoms with E-state index < -0.39 is 17.5 Å². The highest BCUT2D eigenvalue weighted by atomic mass is 32.2. The molecule has 1 saturated heterocycles. The molecule has 3 heterocycles. The molecule has 0 radical (unpaired) electrons. The van der Waals surface area contributed by atoms with E-state index in [1.54, 1.807) is 11.7 Å². The Morgan fingerprint density at radius 2 is 1.96 bits per heavy atom. The molecule has 1 aromatic carbocycles. The van der Waals surface area contributed by atoms with E-state index in [0.29, 0.717) is 11.5 Å². The fourth-order valence-corrected chi connectivity index (χ4v) is 3.78. The lowest BCUT2D eigenvalue weighted by Crippen LogP contribution is -2.34. The van der Waals surface area contributed by atoms with Gasteiger partial charge in [-0.1, -0.05) is 0 Å². The number of hydrogen-bond donors (Lipinski definition) is 1. The van der Waals surface area contributed by atoms with Crippen LogP contribution in [0.15, 0.2) is 24.4 Å². The summed E-state index contributed by atoms with van der Waals surface area (Å²) in [5.41, 5.74) is 0.538. The van der Waals surface area contributed by atoms with Crippen LogP contribution in [0.2, 0.25) is 0 Å². The van der Waals surface area contributed by atoms with Crippen LogP contribution in [0.1, 0.15) is 10.6 Å². The van der Waals surface area contributed by atoms with Crippen LogP contribution < -0.4 is 10.2 Å². The second-order valence-corrected chi connectivity index (χ2v) is 7.32. The topological polar surface area (TPSA) is 75.9 Å². The van der Waals surface area contributed by atoms with Crippen LogP contribution in [0.4, 0.5) is 20.3 Å². The number of halogens is 2. The summed E-state index contributed by atoms with van der Waals surface area (Å²) in [6.45, 7) is 1.63. The number of thioether (sulfide) groups is 1. The van der Waals surface area contributed by atoms with E-state index in [4.69, 9.17) is 0 Å². The molecule has 0 unspecified atom stereocenters. The van der Waals surface area contributed by atoms with Gasteiger partial charge in [-0.2, -0.15) is 16.9 Å². The number of aryl methyl sites for hydroxylation is 1. The molecule has 10 heteroatoms. The quantitative estimate of drug-likeness (QED) is 0.740. The third-order valence-electron chi connectivity index (χ3n) is 4.16. The van der Waals surface area contributed by atoms with Gasteiger partial charge < -0.3 is 10.2 Å². The number of hydrogen-bond acceptors (Lipinski definition) is 6. The van der Waals surface area contributed by atoms with Crippen LogP contribution >= 0.6 is 11.8 Å². The number of amides is 1. The summed E-state index contributed by atoms with van der Waals surface area (Å²) in [5.74, 6) is -0.0985. The lowest BCUT2D eigenvalue weighted by atomic mass is 10.3. The van der Waals surface area contributed by atoms with Crippen LogP contribution in [-0.4, -0.2) is 50.3 Å². The molecule has 140 valence electrons. The summed E-state index contributed by atoms with van der Waals surface area (Å²) in [5, 5.41) is 7.56. The number of fused-ring (bicyclic) bond motifs is 1. The smallest absolute Gasteiger partial charge is 0.293 e. The first-order valence-electron chi connectivity index (χ1n) is 8.32. The summed E-state index contributed by atoms with van der Waals surface area (Å²) >= 11 is 1.87. The predicted octanol–water partition coefficient (Wildman–Crippen LogP) is 2.45. The number of nitrogens with one attached hydrogen (secondary N) is 1. The largest absolute Gasteiger partial charge is 0.354 e. The van der Waals surface area contributed by atoms with E-state index in [0.717, 1.165) is 42.1 Å². The first kappa shape index (κ1) is 17.7. The lowest BCUT2D eigenvalue weighted by molar-refractivity contribution is 0.101. The highest BCUT2D eigenvalue weighted by Gasteiger charge is 2.22. The zero-order chi connectivity index (χ0) is 19.0. The molecule has 0 bridgehead atoms. The van der Waals surface area contributed by atoms with E-state index >= 15 is 0 Å². The Bertz CT molecular complexity index is 1020. The monoisotopic (exact) mass is 390 g/mol. The molecule has 0 aliphatic carbocycles. The van der Waals surface area contributed by atoms with E-state index in [1.807, 2.05) is 18.0 Å². The zero-order valence-corrected chi connectivity index (χ0v) is 15.3. The molecule has 1 aliphatic rings. The van der Waals surface area contributed by atoms with Gasteiger partial charge in [0.1, 0.15) is 5.82 Å². The molecule has 0 atom stereocenters. The van der Waals surface area contributed by atoms with Crippen molar-refractivity contribution in [2.75, 3.05) is 34.8 Å². The van der Waals surface area contributed by atoms with Crippen molar-refractivity contribution in [3.05, 3.63) is 41.9 Å². The summed E-state index contributed by atoms with van der Waals surface area (Å²) in [7, 11) is 1.78. The number of anilines is 2. The van der Waals surface area contributed by atoms with Crippen molar-refractivity contribution in [2.24, 2.45) is 7.05 Å². The molecule has 0 spiro atoms. The Balaban J connectivity index is 1.70. The molecule has 2 aromatic heterocycles. The minimum Gasteiger partial charge on any atom is -0.354 e. The Morgan fingerprint density at radius 3 is 2.70 bits per heavy atom. The highest BCUT2D eigenvalue weighted by Crippen LogP contribution is 2.26. The molecule has 0 saturated carbocycles. The molecule has 7 nitrogen and oxygen atoms in total. The first-order valence-corrected chi connectivity index (χ1v) is 9.47. The summed E-state index contributed by atoms with van der Waals surface area (Å²) in [4.78, 5) is 23.4. The minimum atomic E-state index is -1.04. The maximum atomic E-state index is 13.4. The number of nitrogens with zero attached hydrogens (tertiary/aromatic N) is 5.